The smallest absolute Gasteiger partial charge is 0.0478 e. The summed E-state index contributed by atoms with van der Waals surface area (Å²) < 4.78 is 0. The van der Waals surface area contributed by atoms with Crippen molar-refractivity contribution in [1.82, 2.24) is 10.2 Å². The van der Waals surface area contributed by atoms with Crippen molar-refractivity contribution in [2.75, 3.05) is 14.1 Å². The second-order valence-electron chi connectivity index (χ2n) is 5.87. The van der Waals surface area contributed by atoms with E-state index in [4.69, 9.17) is 0 Å². The summed E-state index contributed by atoms with van der Waals surface area (Å²) in [6.07, 6.45) is 5.01. The van der Waals surface area contributed by atoms with Crippen molar-refractivity contribution in [2.24, 2.45) is 0 Å². The number of aryl methyl sites for hydroxylation is 1. The molecule has 3 atom stereocenters. The third-order valence-corrected chi connectivity index (χ3v) is 4.72. The number of nitrogens with zero attached hydrogens (tertiary/aromatic N) is 1. The van der Waals surface area contributed by atoms with Gasteiger partial charge in [0.2, 0.25) is 0 Å². The number of benzene rings is 1. The van der Waals surface area contributed by atoms with Gasteiger partial charge >= 0.3 is 0 Å². The summed E-state index contributed by atoms with van der Waals surface area (Å²) in [5.41, 5.74) is 3.02. The van der Waals surface area contributed by atoms with Crippen LogP contribution in [0.1, 0.15) is 50.3 Å². The molecule has 1 aliphatic carbocycles. The molecular weight excluding hydrogens is 232 g/mol. The molecule has 0 saturated carbocycles. The van der Waals surface area contributed by atoms with Crippen molar-refractivity contribution < 1.29 is 0 Å². The van der Waals surface area contributed by atoms with Crippen molar-refractivity contribution in [3.8, 4) is 0 Å². The molecule has 0 heterocycles. The van der Waals surface area contributed by atoms with Crippen LogP contribution in [0.2, 0.25) is 0 Å². The summed E-state index contributed by atoms with van der Waals surface area (Å²) in [6, 6.07) is 10.6. The van der Waals surface area contributed by atoms with Crippen LogP contribution in [0, 0.1) is 0 Å². The van der Waals surface area contributed by atoms with E-state index in [1.54, 1.807) is 0 Å². The lowest BCUT2D eigenvalue weighted by Gasteiger charge is -2.42. The molecule has 0 aliphatic heterocycles. The van der Waals surface area contributed by atoms with Gasteiger partial charge in [-0.1, -0.05) is 37.6 Å². The molecule has 1 aromatic rings. The van der Waals surface area contributed by atoms with Gasteiger partial charge in [0, 0.05) is 18.1 Å². The highest BCUT2D eigenvalue weighted by Gasteiger charge is 2.32. The Morgan fingerprint density at radius 3 is 2.79 bits per heavy atom. The number of rotatable bonds is 5. The second-order valence-corrected chi connectivity index (χ2v) is 5.87. The van der Waals surface area contributed by atoms with Crippen LogP contribution in [0.25, 0.3) is 0 Å². The van der Waals surface area contributed by atoms with E-state index < -0.39 is 0 Å². The van der Waals surface area contributed by atoms with Crippen LogP contribution < -0.4 is 5.32 Å². The molecule has 0 aromatic heterocycles. The highest BCUT2D eigenvalue weighted by molar-refractivity contribution is 5.34. The van der Waals surface area contributed by atoms with Crippen molar-refractivity contribution in [1.29, 1.82) is 0 Å². The Morgan fingerprint density at radius 2 is 2.11 bits per heavy atom. The average Bonchev–Trinajstić information content (AvgIpc) is 2.45. The molecule has 2 nitrogen and oxygen atoms in total. The zero-order chi connectivity index (χ0) is 13.8. The molecule has 3 unspecified atom stereocenters. The number of hydrogen-bond donors (Lipinski definition) is 1. The number of hydrogen-bond acceptors (Lipinski definition) is 2. The molecule has 2 heteroatoms. The van der Waals surface area contributed by atoms with Gasteiger partial charge in [-0.2, -0.15) is 0 Å². The molecule has 0 spiro atoms. The van der Waals surface area contributed by atoms with Gasteiger partial charge in [-0.25, -0.2) is 0 Å². The molecule has 0 amide bonds. The van der Waals surface area contributed by atoms with Gasteiger partial charge in [-0.15, -0.1) is 0 Å². The van der Waals surface area contributed by atoms with Gasteiger partial charge in [-0.3, -0.25) is 4.90 Å². The van der Waals surface area contributed by atoms with Gasteiger partial charge in [-0.05, 0) is 51.4 Å². The minimum absolute atomic E-state index is 0.467. The lowest BCUT2D eigenvalue weighted by atomic mass is 9.83. The molecule has 1 aromatic carbocycles. The minimum Gasteiger partial charge on any atom is -0.312 e. The van der Waals surface area contributed by atoms with E-state index in [0.717, 1.165) is 0 Å². The Labute approximate surface area is 118 Å². The van der Waals surface area contributed by atoms with Gasteiger partial charge in [0.15, 0.2) is 0 Å². The second kappa shape index (κ2) is 6.53. The minimum atomic E-state index is 0.467. The molecule has 2 rings (SSSR count). The van der Waals surface area contributed by atoms with Crippen molar-refractivity contribution in [3.63, 3.8) is 0 Å². The summed E-state index contributed by atoms with van der Waals surface area (Å²) in [5.74, 6) is 0. The van der Waals surface area contributed by atoms with Crippen LogP contribution >= 0.6 is 0 Å². The third kappa shape index (κ3) is 3.01. The first-order chi connectivity index (χ1) is 9.19. The molecule has 1 N–H and O–H groups in total. The summed E-state index contributed by atoms with van der Waals surface area (Å²) >= 11 is 0. The Kier molecular flexibility index (Phi) is 5.00. The van der Waals surface area contributed by atoms with E-state index in [2.05, 4.69) is 62.4 Å². The van der Waals surface area contributed by atoms with Crippen LogP contribution in [0.3, 0.4) is 0 Å². The Morgan fingerprint density at radius 1 is 1.37 bits per heavy atom. The van der Waals surface area contributed by atoms with Gasteiger partial charge in [0.1, 0.15) is 0 Å². The summed E-state index contributed by atoms with van der Waals surface area (Å²) in [4.78, 5) is 2.58. The molecular formula is C17H28N2. The quantitative estimate of drug-likeness (QED) is 0.873. The Hall–Kier alpha value is -0.860. The predicted octanol–water partition coefficient (Wildman–Crippen LogP) is 3.38. The highest BCUT2D eigenvalue weighted by Crippen LogP contribution is 2.33. The topological polar surface area (TPSA) is 15.3 Å². The summed E-state index contributed by atoms with van der Waals surface area (Å²) in [7, 11) is 4.39. The fourth-order valence-electron chi connectivity index (χ4n) is 3.48. The van der Waals surface area contributed by atoms with Crippen LogP contribution in [-0.4, -0.2) is 31.1 Å². The number of fused-ring (bicyclic) bond motifs is 1. The molecule has 0 saturated heterocycles. The van der Waals surface area contributed by atoms with Crippen LogP contribution in [0.5, 0.6) is 0 Å². The van der Waals surface area contributed by atoms with Gasteiger partial charge in [0.25, 0.3) is 0 Å². The van der Waals surface area contributed by atoms with Crippen LogP contribution in [0.4, 0.5) is 0 Å². The van der Waals surface area contributed by atoms with E-state index in [0.29, 0.717) is 18.1 Å². The molecule has 19 heavy (non-hydrogen) atoms. The first kappa shape index (κ1) is 14.5. The average molecular weight is 260 g/mol. The molecule has 1 aliphatic rings. The van der Waals surface area contributed by atoms with Crippen molar-refractivity contribution in [3.05, 3.63) is 35.4 Å². The lowest BCUT2D eigenvalue weighted by molar-refractivity contribution is 0.128. The van der Waals surface area contributed by atoms with Crippen molar-refractivity contribution in [2.45, 2.75) is 57.7 Å². The number of likely N-dealkylation sites (N-methyl/N-ethyl adjacent to an activating group) is 2. The maximum absolute atomic E-state index is 3.55. The molecule has 0 radical (unpaired) electrons. The first-order valence-electron chi connectivity index (χ1n) is 7.66. The zero-order valence-electron chi connectivity index (χ0n) is 12.8. The summed E-state index contributed by atoms with van der Waals surface area (Å²) in [5, 5.41) is 3.55. The monoisotopic (exact) mass is 260 g/mol. The van der Waals surface area contributed by atoms with Gasteiger partial charge < -0.3 is 5.32 Å². The van der Waals surface area contributed by atoms with E-state index in [1.165, 1.54) is 36.8 Å². The number of nitrogens with one attached hydrogen (secondary N) is 1. The fraction of sp³-hybridized carbons (Fsp3) is 0.647. The lowest BCUT2D eigenvalue weighted by Crippen LogP contribution is -2.48. The van der Waals surface area contributed by atoms with Crippen LogP contribution in [-0.2, 0) is 6.42 Å². The standard InChI is InChI=1S/C17H28N2/c1-5-8-13(2)19(4)16-12-11-14-9-6-7-10-15(14)17(16)18-3/h6-7,9-10,13,16-18H,5,8,11-12H2,1-4H3. The van der Waals surface area contributed by atoms with Gasteiger partial charge in [0.05, 0.1) is 0 Å². The normalized spacial score (nSPS) is 24.3. The fourth-order valence-corrected chi connectivity index (χ4v) is 3.48. The van der Waals surface area contributed by atoms with E-state index in [9.17, 15) is 0 Å². The van der Waals surface area contributed by atoms with E-state index in [1.807, 2.05) is 0 Å². The van der Waals surface area contributed by atoms with E-state index in [-0.39, 0.29) is 0 Å². The largest absolute Gasteiger partial charge is 0.312 e. The third-order valence-electron chi connectivity index (χ3n) is 4.72. The zero-order valence-corrected chi connectivity index (χ0v) is 12.8. The van der Waals surface area contributed by atoms with E-state index >= 15 is 0 Å². The molecule has 0 bridgehead atoms. The summed E-state index contributed by atoms with van der Waals surface area (Å²) in [6.45, 7) is 4.63. The molecule has 106 valence electrons. The highest BCUT2D eigenvalue weighted by atomic mass is 15.2. The Bertz CT molecular complexity index is 402. The maximum atomic E-state index is 3.55. The van der Waals surface area contributed by atoms with Crippen LogP contribution in [0.15, 0.2) is 24.3 Å². The molecule has 0 fully saturated rings. The SMILES string of the molecule is CCCC(C)N(C)C1CCc2ccccc2C1NC. The predicted molar refractivity (Wildman–Crippen MR) is 82.5 cm³/mol. The van der Waals surface area contributed by atoms with Crippen molar-refractivity contribution >= 4 is 0 Å². The Balaban J connectivity index is 2.19. The first-order valence-corrected chi connectivity index (χ1v) is 7.66. The maximum Gasteiger partial charge on any atom is 0.0478 e.